The molecule has 0 atom stereocenters. The minimum atomic E-state index is -0.241. The van der Waals surface area contributed by atoms with E-state index in [-0.39, 0.29) is 11.7 Å². The van der Waals surface area contributed by atoms with Gasteiger partial charge in [-0.15, -0.1) is 11.3 Å². The van der Waals surface area contributed by atoms with Gasteiger partial charge in [-0.1, -0.05) is 41.4 Å². The van der Waals surface area contributed by atoms with E-state index in [4.69, 9.17) is 23.2 Å². The van der Waals surface area contributed by atoms with Crippen molar-refractivity contribution in [3.63, 3.8) is 0 Å². The fourth-order valence-electron chi connectivity index (χ4n) is 3.21. The van der Waals surface area contributed by atoms with Crippen LogP contribution in [0.15, 0.2) is 42.5 Å². The molecule has 0 saturated carbocycles. The standard InChI is InChI=1S/C19H15Cl2FN2OS/c20-12-4-3-7-15-16(12)17(21)18(26-15)19(25)24-10-8-23(9-11-24)14-6-2-1-5-13(14)22/h1-7H,8-11H2. The number of para-hydroxylation sites is 1. The maximum Gasteiger partial charge on any atom is 0.265 e. The van der Waals surface area contributed by atoms with Crippen LogP contribution in [0.1, 0.15) is 9.67 Å². The molecule has 0 spiro atoms. The van der Waals surface area contributed by atoms with Crippen molar-refractivity contribution < 1.29 is 9.18 Å². The highest BCUT2D eigenvalue weighted by atomic mass is 35.5. The number of nitrogens with zero attached hydrogens (tertiary/aromatic N) is 2. The molecular weight excluding hydrogens is 394 g/mol. The Kier molecular flexibility index (Phi) is 4.78. The van der Waals surface area contributed by atoms with Crippen molar-refractivity contribution >= 4 is 56.2 Å². The van der Waals surface area contributed by atoms with Crippen molar-refractivity contribution in [2.24, 2.45) is 0 Å². The molecule has 1 amide bonds. The van der Waals surface area contributed by atoms with Crippen molar-refractivity contribution in [2.45, 2.75) is 0 Å². The number of hydrogen-bond donors (Lipinski definition) is 0. The van der Waals surface area contributed by atoms with Gasteiger partial charge in [-0.2, -0.15) is 0 Å². The average Bonchev–Trinajstić information content (AvgIpc) is 3.00. The Morgan fingerprint density at radius 3 is 2.42 bits per heavy atom. The zero-order chi connectivity index (χ0) is 18.3. The summed E-state index contributed by atoms with van der Waals surface area (Å²) < 4.78 is 14.9. The van der Waals surface area contributed by atoms with E-state index in [2.05, 4.69) is 0 Å². The smallest absolute Gasteiger partial charge is 0.265 e. The molecule has 26 heavy (non-hydrogen) atoms. The number of hydrogen-bond acceptors (Lipinski definition) is 3. The molecule has 4 rings (SSSR count). The molecule has 2 aromatic carbocycles. The second kappa shape index (κ2) is 7.06. The Labute approximate surface area is 164 Å². The van der Waals surface area contributed by atoms with Crippen molar-refractivity contribution in [1.29, 1.82) is 0 Å². The summed E-state index contributed by atoms with van der Waals surface area (Å²) in [6, 6.07) is 12.2. The first-order valence-corrected chi connectivity index (χ1v) is 9.79. The fourth-order valence-corrected chi connectivity index (χ4v) is 5.13. The van der Waals surface area contributed by atoms with Crippen LogP contribution in [0.25, 0.3) is 10.1 Å². The van der Waals surface area contributed by atoms with Gasteiger partial charge in [0.15, 0.2) is 0 Å². The normalized spacial score (nSPS) is 14.9. The Bertz CT molecular complexity index is 983. The van der Waals surface area contributed by atoms with Crippen LogP contribution in [0, 0.1) is 5.82 Å². The number of carbonyl (C=O) groups is 1. The van der Waals surface area contributed by atoms with Crippen LogP contribution >= 0.6 is 34.5 Å². The summed E-state index contributed by atoms with van der Waals surface area (Å²) in [7, 11) is 0. The number of rotatable bonds is 2. The molecular formula is C19H15Cl2FN2OS. The highest BCUT2D eigenvalue weighted by molar-refractivity contribution is 7.21. The Morgan fingerprint density at radius 1 is 1.00 bits per heavy atom. The number of benzene rings is 2. The SMILES string of the molecule is O=C(c1sc2cccc(Cl)c2c1Cl)N1CCN(c2ccccc2F)CC1. The molecule has 3 aromatic rings. The molecule has 134 valence electrons. The predicted octanol–water partition coefficient (Wildman–Crippen LogP) is 5.31. The lowest BCUT2D eigenvalue weighted by Crippen LogP contribution is -2.48. The fraction of sp³-hybridized carbons (Fsp3) is 0.211. The Balaban J connectivity index is 1.53. The molecule has 0 unspecified atom stereocenters. The first-order chi connectivity index (χ1) is 12.6. The van der Waals surface area contributed by atoms with Gasteiger partial charge >= 0.3 is 0 Å². The molecule has 0 aliphatic carbocycles. The molecule has 2 heterocycles. The van der Waals surface area contributed by atoms with E-state index in [1.807, 2.05) is 23.1 Å². The van der Waals surface area contributed by atoms with Crippen LogP contribution < -0.4 is 4.90 Å². The number of amides is 1. The third-order valence-corrected chi connectivity index (χ3v) is 6.51. The summed E-state index contributed by atoms with van der Waals surface area (Å²) in [5.41, 5.74) is 0.575. The topological polar surface area (TPSA) is 23.6 Å². The zero-order valence-electron chi connectivity index (χ0n) is 13.7. The van der Waals surface area contributed by atoms with Crippen molar-refractivity contribution in [3.8, 4) is 0 Å². The zero-order valence-corrected chi connectivity index (χ0v) is 16.0. The van der Waals surface area contributed by atoms with Crippen LogP contribution in [-0.4, -0.2) is 37.0 Å². The summed E-state index contributed by atoms with van der Waals surface area (Å²) in [5.74, 6) is -0.338. The van der Waals surface area contributed by atoms with E-state index in [9.17, 15) is 9.18 Å². The molecule has 1 aliphatic heterocycles. The van der Waals surface area contributed by atoms with Gasteiger partial charge in [0, 0.05) is 36.3 Å². The third kappa shape index (κ3) is 3.04. The number of anilines is 1. The van der Waals surface area contributed by atoms with E-state index < -0.39 is 0 Å². The minimum absolute atomic E-state index is 0.0968. The molecule has 1 aliphatic rings. The van der Waals surface area contributed by atoms with E-state index >= 15 is 0 Å². The molecule has 0 N–H and O–H groups in total. The largest absolute Gasteiger partial charge is 0.366 e. The maximum absolute atomic E-state index is 14.0. The Morgan fingerprint density at radius 2 is 1.73 bits per heavy atom. The number of fused-ring (bicyclic) bond motifs is 1. The highest BCUT2D eigenvalue weighted by Crippen LogP contribution is 2.40. The molecule has 1 aromatic heterocycles. The lowest BCUT2D eigenvalue weighted by atomic mass is 10.2. The van der Waals surface area contributed by atoms with Gasteiger partial charge in [-0.3, -0.25) is 4.79 Å². The van der Waals surface area contributed by atoms with E-state index in [0.717, 1.165) is 10.1 Å². The van der Waals surface area contributed by atoms with Gasteiger partial charge in [-0.05, 0) is 24.3 Å². The van der Waals surface area contributed by atoms with Gasteiger partial charge in [0.05, 0.1) is 15.7 Å². The molecule has 1 fully saturated rings. The average molecular weight is 409 g/mol. The van der Waals surface area contributed by atoms with Crippen molar-refractivity contribution in [1.82, 2.24) is 4.90 Å². The molecule has 7 heteroatoms. The quantitative estimate of drug-likeness (QED) is 0.573. The van der Waals surface area contributed by atoms with Crippen molar-refractivity contribution in [3.05, 3.63) is 63.2 Å². The molecule has 3 nitrogen and oxygen atoms in total. The lowest BCUT2D eigenvalue weighted by molar-refractivity contribution is 0.0752. The van der Waals surface area contributed by atoms with Crippen LogP contribution in [0.4, 0.5) is 10.1 Å². The molecule has 0 radical (unpaired) electrons. The van der Waals surface area contributed by atoms with Crippen LogP contribution in [0.2, 0.25) is 10.0 Å². The van der Waals surface area contributed by atoms with Gasteiger partial charge in [-0.25, -0.2) is 4.39 Å². The first kappa shape index (κ1) is 17.6. The molecule has 1 saturated heterocycles. The summed E-state index contributed by atoms with van der Waals surface area (Å²) >= 11 is 14.0. The van der Waals surface area contributed by atoms with Gasteiger partial charge in [0.2, 0.25) is 0 Å². The van der Waals surface area contributed by atoms with Crippen molar-refractivity contribution in [2.75, 3.05) is 31.1 Å². The summed E-state index contributed by atoms with van der Waals surface area (Å²) in [4.78, 5) is 17.2. The minimum Gasteiger partial charge on any atom is -0.366 e. The summed E-state index contributed by atoms with van der Waals surface area (Å²) in [6.07, 6.45) is 0. The predicted molar refractivity (Wildman–Crippen MR) is 106 cm³/mol. The highest BCUT2D eigenvalue weighted by Gasteiger charge is 2.27. The van der Waals surface area contributed by atoms with Gasteiger partial charge in [0.25, 0.3) is 5.91 Å². The van der Waals surface area contributed by atoms with Crippen LogP contribution in [0.5, 0.6) is 0 Å². The summed E-state index contributed by atoms with van der Waals surface area (Å²) in [6.45, 7) is 2.20. The Hall–Kier alpha value is -1.82. The third-order valence-electron chi connectivity index (χ3n) is 4.56. The van der Waals surface area contributed by atoms with E-state index in [1.165, 1.54) is 17.4 Å². The monoisotopic (exact) mass is 408 g/mol. The number of halogens is 3. The summed E-state index contributed by atoms with van der Waals surface area (Å²) in [5, 5.41) is 1.69. The number of thiophene rings is 1. The van der Waals surface area contributed by atoms with E-state index in [0.29, 0.717) is 46.8 Å². The van der Waals surface area contributed by atoms with Crippen LogP contribution in [0.3, 0.4) is 0 Å². The maximum atomic E-state index is 14.0. The van der Waals surface area contributed by atoms with E-state index in [1.54, 1.807) is 23.1 Å². The lowest BCUT2D eigenvalue weighted by Gasteiger charge is -2.36. The number of carbonyl (C=O) groups excluding carboxylic acids is 1. The molecule has 0 bridgehead atoms. The second-order valence-electron chi connectivity index (χ2n) is 6.09. The first-order valence-electron chi connectivity index (χ1n) is 8.21. The van der Waals surface area contributed by atoms with Gasteiger partial charge in [0.1, 0.15) is 10.7 Å². The van der Waals surface area contributed by atoms with Crippen LogP contribution in [-0.2, 0) is 0 Å². The van der Waals surface area contributed by atoms with Gasteiger partial charge < -0.3 is 9.80 Å². The second-order valence-corrected chi connectivity index (χ2v) is 7.93. The number of piperazine rings is 1.